The van der Waals surface area contributed by atoms with Gasteiger partial charge in [-0.2, -0.15) is 0 Å². The first kappa shape index (κ1) is 16.4. The van der Waals surface area contributed by atoms with Gasteiger partial charge in [-0.1, -0.05) is 15.9 Å². The highest BCUT2D eigenvalue weighted by molar-refractivity contribution is 9.10. The summed E-state index contributed by atoms with van der Waals surface area (Å²) in [7, 11) is 1.36. The van der Waals surface area contributed by atoms with E-state index in [0.717, 1.165) is 19.3 Å². The topological polar surface area (TPSA) is 78.7 Å². The maximum Gasteiger partial charge on any atom is 0.312 e. The zero-order valence-corrected chi connectivity index (χ0v) is 12.7. The lowest BCUT2D eigenvalue weighted by atomic mass is 10.2. The number of carbonyl (C=O) groups is 1. The van der Waals surface area contributed by atoms with E-state index in [4.69, 9.17) is 4.74 Å². The summed E-state index contributed by atoms with van der Waals surface area (Å²) in [5, 5.41) is 10.9. The third-order valence-electron chi connectivity index (χ3n) is 2.63. The second-order valence-electron chi connectivity index (χ2n) is 4.10. The molecule has 0 fully saturated rings. The molecular weight excluding hydrogens is 330 g/mol. The molecule has 110 valence electrons. The number of benzene rings is 1. The Hall–Kier alpha value is -1.63. The molecule has 20 heavy (non-hydrogen) atoms. The van der Waals surface area contributed by atoms with Gasteiger partial charge in [-0.3, -0.25) is 14.9 Å². The highest BCUT2D eigenvalue weighted by Gasteiger charge is 2.15. The fraction of sp³-hybridized carbons (Fsp3) is 0.462. The molecule has 0 amide bonds. The molecule has 0 N–H and O–H groups in total. The molecule has 0 radical (unpaired) electrons. The molecule has 0 atom stereocenters. The van der Waals surface area contributed by atoms with Crippen LogP contribution in [0.5, 0.6) is 5.75 Å². The van der Waals surface area contributed by atoms with E-state index in [9.17, 15) is 14.9 Å². The third-order valence-corrected chi connectivity index (χ3v) is 3.12. The third kappa shape index (κ3) is 5.56. The SMILES string of the molecule is COC(=O)CCCCCOc1ccc(Br)cc1[N+](=O)[O-]. The predicted octanol–water partition coefficient (Wildman–Crippen LogP) is 3.47. The van der Waals surface area contributed by atoms with Crippen LogP contribution in [0.1, 0.15) is 25.7 Å². The zero-order valence-electron chi connectivity index (χ0n) is 11.1. The lowest BCUT2D eigenvalue weighted by molar-refractivity contribution is -0.385. The molecule has 0 saturated carbocycles. The molecule has 0 saturated heterocycles. The molecule has 1 rings (SSSR count). The van der Waals surface area contributed by atoms with Crippen LogP contribution in [0.3, 0.4) is 0 Å². The quantitative estimate of drug-likeness (QED) is 0.312. The monoisotopic (exact) mass is 345 g/mol. The molecular formula is C13H16BrNO5. The van der Waals surface area contributed by atoms with Crippen LogP contribution < -0.4 is 4.74 Å². The first-order valence-electron chi connectivity index (χ1n) is 6.18. The lowest BCUT2D eigenvalue weighted by Gasteiger charge is -2.06. The molecule has 0 aromatic heterocycles. The number of ether oxygens (including phenoxy) is 2. The van der Waals surface area contributed by atoms with Gasteiger partial charge in [0.05, 0.1) is 18.6 Å². The van der Waals surface area contributed by atoms with Crippen molar-refractivity contribution in [2.24, 2.45) is 0 Å². The van der Waals surface area contributed by atoms with Crippen LogP contribution >= 0.6 is 15.9 Å². The van der Waals surface area contributed by atoms with Crippen molar-refractivity contribution in [1.29, 1.82) is 0 Å². The van der Waals surface area contributed by atoms with E-state index in [0.29, 0.717) is 17.5 Å². The second-order valence-corrected chi connectivity index (χ2v) is 5.02. The van der Waals surface area contributed by atoms with Gasteiger partial charge in [-0.05, 0) is 31.4 Å². The van der Waals surface area contributed by atoms with E-state index in [1.54, 1.807) is 12.1 Å². The summed E-state index contributed by atoms with van der Waals surface area (Å²) < 4.78 is 10.6. The van der Waals surface area contributed by atoms with Crippen molar-refractivity contribution < 1.29 is 19.2 Å². The molecule has 0 unspecified atom stereocenters. The van der Waals surface area contributed by atoms with Crippen molar-refractivity contribution >= 4 is 27.6 Å². The van der Waals surface area contributed by atoms with Gasteiger partial charge in [0.2, 0.25) is 0 Å². The number of unbranched alkanes of at least 4 members (excludes halogenated alkanes) is 2. The maximum absolute atomic E-state index is 10.9. The molecule has 0 aliphatic heterocycles. The number of hydrogen-bond acceptors (Lipinski definition) is 5. The van der Waals surface area contributed by atoms with E-state index >= 15 is 0 Å². The summed E-state index contributed by atoms with van der Waals surface area (Å²) in [5.41, 5.74) is -0.0612. The Morgan fingerprint density at radius 3 is 2.75 bits per heavy atom. The Balaban J connectivity index is 2.35. The Kier molecular flexibility index (Phi) is 7.00. The first-order chi connectivity index (χ1) is 9.54. The average molecular weight is 346 g/mol. The van der Waals surface area contributed by atoms with Crippen molar-refractivity contribution in [2.45, 2.75) is 25.7 Å². The minimum atomic E-state index is -0.475. The number of hydrogen-bond donors (Lipinski definition) is 0. The standard InChI is InChI=1S/C13H16BrNO5/c1-19-13(16)5-3-2-4-8-20-12-7-6-10(14)9-11(12)15(17)18/h6-7,9H,2-5,8H2,1H3. The van der Waals surface area contributed by atoms with Gasteiger partial charge in [0.1, 0.15) is 0 Å². The summed E-state index contributed by atoms with van der Waals surface area (Å²) in [6.45, 7) is 0.379. The molecule has 1 aromatic carbocycles. The van der Waals surface area contributed by atoms with Gasteiger partial charge in [0, 0.05) is 17.0 Å². The number of esters is 1. The minimum absolute atomic E-state index is 0.0612. The predicted molar refractivity (Wildman–Crippen MR) is 76.8 cm³/mol. The van der Waals surface area contributed by atoms with E-state index in [-0.39, 0.29) is 17.4 Å². The van der Waals surface area contributed by atoms with Gasteiger partial charge >= 0.3 is 11.7 Å². The van der Waals surface area contributed by atoms with Crippen LogP contribution in [-0.2, 0) is 9.53 Å². The zero-order chi connectivity index (χ0) is 15.0. The van der Waals surface area contributed by atoms with Gasteiger partial charge in [0.15, 0.2) is 5.75 Å². The van der Waals surface area contributed by atoms with Crippen molar-refractivity contribution in [1.82, 2.24) is 0 Å². The number of nitro groups is 1. The lowest BCUT2D eigenvalue weighted by Crippen LogP contribution is -2.02. The smallest absolute Gasteiger partial charge is 0.312 e. The maximum atomic E-state index is 10.9. The largest absolute Gasteiger partial charge is 0.487 e. The van der Waals surface area contributed by atoms with Gasteiger partial charge < -0.3 is 9.47 Å². The first-order valence-corrected chi connectivity index (χ1v) is 6.97. The molecule has 6 nitrogen and oxygen atoms in total. The summed E-state index contributed by atoms with van der Waals surface area (Å²) in [6, 6.07) is 4.67. The molecule has 7 heteroatoms. The van der Waals surface area contributed by atoms with Crippen molar-refractivity contribution in [3.63, 3.8) is 0 Å². The number of methoxy groups -OCH3 is 1. The van der Waals surface area contributed by atoms with Crippen LogP contribution in [0.4, 0.5) is 5.69 Å². The Morgan fingerprint density at radius 2 is 2.10 bits per heavy atom. The van der Waals surface area contributed by atoms with E-state index in [1.165, 1.54) is 13.2 Å². The minimum Gasteiger partial charge on any atom is -0.487 e. The average Bonchev–Trinajstić information content (AvgIpc) is 2.43. The Morgan fingerprint density at radius 1 is 1.35 bits per heavy atom. The van der Waals surface area contributed by atoms with E-state index in [2.05, 4.69) is 20.7 Å². The summed E-state index contributed by atoms with van der Waals surface area (Å²) in [6.07, 6.45) is 2.64. The summed E-state index contributed by atoms with van der Waals surface area (Å²) in [5.74, 6) is 0.0284. The molecule has 0 aliphatic rings. The van der Waals surface area contributed by atoms with E-state index < -0.39 is 4.92 Å². The number of nitro benzene ring substituents is 1. The highest BCUT2D eigenvalue weighted by atomic mass is 79.9. The molecule has 0 aliphatic carbocycles. The highest BCUT2D eigenvalue weighted by Crippen LogP contribution is 2.30. The van der Waals surface area contributed by atoms with Gasteiger partial charge in [-0.25, -0.2) is 0 Å². The van der Waals surface area contributed by atoms with Crippen molar-refractivity contribution in [2.75, 3.05) is 13.7 Å². The van der Waals surface area contributed by atoms with Crippen LogP contribution in [-0.4, -0.2) is 24.6 Å². The van der Waals surface area contributed by atoms with E-state index in [1.807, 2.05) is 0 Å². The van der Waals surface area contributed by atoms with Gasteiger partial charge in [0.25, 0.3) is 0 Å². The Labute approximate surface area is 125 Å². The molecule has 0 spiro atoms. The number of rotatable bonds is 8. The summed E-state index contributed by atoms with van der Waals surface area (Å²) in [4.78, 5) is 21.3. The molecule has 0 heterocycles. The van der Waals surface area contributed by atoms with Crippen LogP contribution in [0.15, 0.2) is 22.7 Å². The van der Waals surface area contributed by atoms with Crippen molar-refractivity contribution in [3.8, 4) is 5.75 Å². The summed E-state index contributed by atoms with van der Waals surface area (Å²) >= 11 is 3.18. The number of carbonyl (C=O) groups excluding carboxylic acids is 1. The van der Waals surface area contributed by atoms with Crippen molar-refractivity contribution in [3.05, 3.63) is 32.8 Å². The molecule has 1 aromatic rings. The fourth-order valence-electron chi connectivity index (χ4n) is 1.59. The number of halogens is 1. The second kappa shape index (κ2) is 8.52. The van der Waals surface area contributed by atoms with Crippen LogP contribution in [0, 0.1) is 10.1 Å². The van der Waals surface area contributed by atoms with Crippen LogP contribution in [0.25, 0.3) is 0 Å². The fourth-order valence-corrected chi connectivity index (χ4v) is 1.94. The number of nitrogens with zero attached hydrogens (tertiary/aromatic N) is 1. The normalized spacial score (nSPS) is 10.1. The molecule has 0 bridgehead atoms. The Bertz CT molecular complexity index is 478. The van der Waals surface area contributed by atoms with Gasteiger partial charge in [-0.15, -0.1) is 0 Å². The van der Waals surface area contributed by atoms with Crippen LogP contribution in [0.2, 0.25) is 0 Å².